The van der Waals surface area contributed by atoms with Crippen LogP contribution in [0, 0.1) is 0 Å². The van der Waals surface area contributed by atoms with Gasteiger partial charge in [-0.05, 0) is 61.0 Å². The number of esters is 1. The molecule has 35 heavy (non-hydrogen) atoms. The van der Waals surface area contributed by atoms with E-state index < -0.39 is 66.4 Å². The number of benzene rings is 1. The predicted octanol–water partition coefficient (Wildman–Crippen LogP) is 2.31. The topological polar surface area (TPSA) is 134 Å². The zero-order chi connectivity index (χ0) is 27.0. The molecule has 10 nitrogen and oxygen atoms in total. The number of nitrogens with one attached hydrogen (secondary N) is 2. The number of ether oxygens (including phenoxy) is 2. The van der Waals surface area contributed by atoms with E-state index in [4.69, 9.17) is 9.47 Å². The number of nitrogens with zero attached hydrogens (tertiary/aromatic N) is 1. The zero-order valence-electron chi connectivity index (χ0n) is 21.9. The largest absolute Gasteiger partial charge is 0.458 e. The quantitative estimate of drug-likeness (QED) is 0.449. The summed E-state index contributed by atoms with van der Waals surface area (Å²) in [6.07, 6.45) is -0.790. The third-order valence-electron chi connectivity index (χ3n) is 4.57. The molecule has 0 bridgehead atoms. The number of hydrogen-bond donors (Lipinski definition) is 3. The number of hydrogen-bond acceptors (Lipinski definition) is 7. The summed E-state index contributed by atoms with van der Waals surface area (Å²) >= 11 is 0. The lowest BCUT2D eigenvalue weighted by molar-refractivity contribution is -0.158. The van der Waals surface area contributed by atoms with Crippen LogP contribution in [0.3, 0.4) is 0 Å². The number of aliphatic hydroxyl groups excluding tert-OH is 1. The summed E-state index contributed by atoms with van der Waals surface area (Å²) in [6.45, 7) is 12.2. The molecule has 0 radical (unpaired) electrons. The fourth-order valence-corrected chi connectivity index (χ4v) is 3.09. The Balaban J connectivity index is 3.09. The van der Waals surface area contributed by atoms with Gasteiger partial charge in [-0.3, -0.25) is 9.59 Å². The van der Waals surface area contributed by atoms with Crippen LogP contribution in [0.2, 0.25) is 0 Å². The molecule has 0 aliphatic heterocycles. The van der Waals surface area contributed by atoms with Crippen molar-refractivity contribution in [3.8, 4) is 0 Å². The van der Waals surface area contributed by atoms with Crippen molar-refractivity contribution < 1.29 is 33.8 Å². The molecule has 1 unspecified atom stereocenters. The molecule has 0 aliphatic carbocycles. The van der Waals surface area contributed by atoms with Gasteiger partial charge in [0.25, 0.3) is 0 Å². The second-order valence-corrected chi connectivity index (χ2v) is 10.3. The molecule has 196 valence electrons. The van der Waals surface area contributed by atoms with Crippen molar-refractivity contribution in [3.63, 3.8) is 0 Å². The van der Waals surface area contributed by atoms with E-state index >= 15 is 0 Å². The van der Waals surface area contributed by atoms with Gasteiger partial charge in [0.2, 0.25) is 11.8 Å². The molecule has 0 spiro atoms. The van der Waals surface area contributed by atoms with Gasteiger partial charge in [0, 0.05) is 0 Å². The molecule has 1 aromatic carbocycles. The first kappa shape index (κ1) is 29.9. The Hall–Kier alpha value is -3.14. The molecule has 10 heteroatoms. The van der Waals surface area contributed by atoms with Gasteiger partial charge in [0.1, 0.15) is 29.8 Å². The first-order chi connectivity index (χ1) is 16.0. The highest BCUT2D eigenvalue weighted by Crippen LogP contribution is 2.21. The lowest BCUT2D eigenvalue weighted by Gasteiger charge is -2.33. The van der Waals surface area contributed by atoms with Crippen molar-refractivity contribution in [2.24, 2.45) is 0 Å². The van der Waals surface area contributed by atoms with Gasteiger partial charge >= 0.3 is 12.1 Å². The van der Waals surface area contributed by atoms with Gasteiger partial charge in [-0.25, -0.2) is 9.59 Å². The molecular formula is C25H39N3O7. The van der Waals surface area contributed by atoms with E-state index in [-0.39, 0.29) is 0 Å². The molecule has 0 saturated carbocycles. The van der Waals surface area contributed by atoms with Crippen molar-refractivity contribution in [1.29, 1.82) is 0 Å². The maximum absolute atomic E-state index is 13.3. The maximum Gasteiger partial charge on any atom is 0.408 e. The maximum atomic E-state index is 13.3. The first-order valence-electron chi connectivity index (χ1n) is 11.5. The third-order valence-corrected chi connectivity index (χ3v) is 4.57. The summed E-state index contributed by atoms with van der Waals surface area (Å²) in [4.78, 5) is 51.7. The van der Waals surface area contributed by atoms with E-state index in [2.05, 4.69) is 10.6 Å². The van der Waals surface area contributed by atoms with Gasteiger partial charge in [0.15, 0.2) is 0 Å². The van der Waals surface area contributed by atoms with Crippen LogP contribution in [0.1, 0.15) is 67.0 Å². The summed E-state index contributed by atoms with van der Waals surface area (Å²) in [6, 6.07) is 5.82. The van der Waals surface area contributed by atoms with Gasteiger partial charge in [-0.1, -0.05) is 30.3 Å². The van der Waals surface area contributed by atoms with Crippen molar-refractivity contribution >= 4 is 23.9 Å². The van der Waals surface area contributed by atoms with Crippen LogP contribution >= 0.6 is 0 Å². The first-order valence-corrected chi connectivity index (χ1v) is 11.5. The molecule has 3 N–H and O–H groups in total. The standard InChI is InChI=1S/C25H39N3O7/c1-16(27-23(33)35-25(6,7)8)21(31)28(19(15-29)18-12-10-9-11-13-18)14-20(30)26-17(2)22(32)34-24(3,4)5/h9-13,16-17,19,29H,14-15H2,1-8H3,(H,26,30)(H,27,33)/t16?,17-,19+/m0/s1. The molecule has 3 amide bonds. The number of amides is 3. The highest BCUT2D eigenvalue weighted by atomic mass is 16.6. The highest BCUT2D eigenvalue weighted by molar-refractivity contribution is 5.91. The van der Waals surface area contributed by atoms with Crippen LogP contribution < -0.4 is 10.6 Å². The van der Waals surface area contributed by atoms with Crippen LogP contribution in [0.5, 0.6) is 0 Å². The number of alkyl carbamates (subject to hydrolysis) is 1. The van der Waals surface area contributed by atoms with E-state index in [1.165, 1.54) is 13.8 Å². The van der Waals surface area contributed by atoms with Crippen LogP contribution in [0.15, 0.2) is 30.3 Å². The van der Waals surface area contributed by atoms with Crippen LogP contribution in [-0.4, -0.2) is 70.3 Å². The Morgan fingerprint density at radius 1 is 0.886 bits per heavy atom. The van der Waals surface area contributed by atoms with E-state index in [1.807, 2.05) is 0 Å². The Morgan fingerprint density at radius 3 is 1.91 bits per heavy atom. The Morgan fingerprint density at radius 2 is 1.43 bits per heavy atom. The fourth-order valence-electron chi connectivity index (χ4n) is 3.09. The highest BCUT2D eigenvalue weighted by Gasteiger charge is 2.32. The minimum Gasteiger partial charge on any atom is -0.458 e. The minimum atomic E-state index is -1.06. The SMILES string of the molecule is CC(NC(=O)OC(C)(C)C)C(=O)N(CC(=O)N[C@@H](C)C(=O)OC(C)(C)C)[C@H](CO)c1ccccc1. The average molecular weight is 494 g/mol. The van der Waals surface area contributed by atoms with E-state index in [9.17, 15) is 24.3 Å². The smallest absolute Gasteiger partial charge is 0.408 e. The molecule has 0 aliphatic rings. The third kappa shape index (κ3) is 10.8. The van der Waals surface area contributed by atoms with Gasteiger partial charge in [-0.2, -0.15) is 0 Å². The van der Waals surface area contributed by atoms with Crippen molar-refractivity contribution in [2.75, 3.05) is 13.2 Å². The van der Waals surface area contributed by atoms with Crippen LogP contribution in [0.25, 0.3) is 0 Å². The fraction of sp³-hybridized carbons (Fsp3) is 0.600. The molecule has 0 aromatic heterocycles. The Bertz CT molecular complexity index is 875. The number of carbonyl (C=O) groups is 4. The molecule has 0 saturated heterocycles. The number of rotatable bonds is 9. The second-order valence-electron chi connectivity index (χ2n) is 10.3. The lowest BCUT2D eigenvalue weighted by Crippen LogP contribution is -2.53. The van der Waals surface area contributed by atoms with Gasteiger partial charge in [-0.15, -0.1) is 0 Å². The van der Waals surface area contributed by atoms with Crippen LogP contribution in [-0.2, 0) is 23.9 Å². The molecule has 1 rings (SSSR count). The van der Waals surface area contributed by atoms with E-state index in [1.54, 1.807) is 71.9 Å². The summed E-state index contributed by atoms with van der Waals surface area (Å²) in [5, 5.41) is 15.1. The molecule has 1 aromatic rings. The monoisotopic (exact) mass is 493 g/mol. The Labute approximate surface area is 207 Å². The summed E-state index contributed by atoms with van der Waals surface area (Å²) in [5.74, 6) is -1.86. The minimum absolute atomic E-state index is 0.466. The Kier molecular flexibility index (Phi) is 10.7. The van der Waals surface area contributed by atoms with E-state index in [0.717, 1.165) is 4.90 Å². The number of aliphatic hydroxyl groups is 1. The second kappa shape index (κ2) is 12.5. The van der Waals surface area contributed by atoms with Crippen molar-refractivity contribution in [3.05, 3.63) is 35.9 Å². The van der Waals surface area contributed by atoms with Gasteiger partial charge in [0.05, 0.1) is 12.6 Å². The normalized spacial score (nSPS) is 14.2. The number of carbonyl (C=O) groups excluding carboxylic acids is 4. The van der Waals surface area contributed by atoms with Crippen molar-refractivity contribution in [1.82, 2.24) is 15.5 Å². The van der Waals surface area contributed by atoms with Crippen molar-refractivity contribution in [2.45, 2.75) is 84.7 Å². The average Bonchev–Trinajstić information content (AvgIpc) is 2.71. The van der Waals surface area contributed by atoms with E-state index in [0.29, 0.717) is 5.56 Å². The summed E-state index contributed by atoms with van der Waals surface area (Å²) < 4.78 is 10.5. The lowest BCUT2D eigenvalue weighted by atomic mass is 10.0. The molecular weight excluding hydrogens is 454 g/mol. The zero-order valence-corrected chi connectivity index (χ0v) is 21.9. The molecule has 0 fully saturated rings. The summed E-state index contributed by atoms with van der Waals surface area (Å²) in [5.41, 5.74) is -0.890. The predicted molar refractivity (Wildman–Crippen MR) is 130 cm³/mol. The molecule has 3 atom stereocenters. The van der Waals surface area contributed by atoms with Gasteiger partial charge < -0.3 is 30.1 Å². The summed E-state index contributed by atoms with van der Waals surface area (Å²) in [7, 11) is 0. The van der Waals surface area contributed by atoms with Crippen LogP contribution in [0.4, 0.5) is 4.79 Å². The molecule has 0 heterocycles.